The molecule has 0 bridgehead atoms. The molecule has 1 saturated carbocycles. The average molecular weight is 276 g/mol. The summed E-state index contributed by atoms with van der Waals surface area (Å²) in [5.41, 5.74) is 7.99. The van der Waals surface area contributed by atoms with Gasteiger partial charge in [0.25, 0.3) is 0 Å². The lowest BCUT2D eigenvalue weighted by atomic mass is 10.0. The monoisotopic (exact) mass is 276 g/mol. The number of ether oxygens (including phenoxy) is 1. The quantitative estimate of drug-likeness (QED) is 0.617. The molecule has 2 rings (SSSR count). The number of rotatable bonds is 6. The third kappa shape index (κ3) is 3.89. The van der Waals surface area contributed by atoms with Crippen molar-refractivity contribution in [2.45, 2.75) is 39.0 Å². The fourth-order valence-electron chi connectivity index (χ4n) is 2.76. The zero-order valence-corrected chi connectivity index (χ0v) is 12.2. The highest BCUT2D eigenvalue weighted by atomic mass is 16.5. The number of nitrogens with two attached hydrogens (primary N) is 1. The average Bonchev–Trinajstić information content (AvgIpc) is 2.94. The van der Waals surface area contributed by atoms with E-state index in [0.29, 0.717) is 17.9 Å². The summed E-state index contributed by atoms with van der Waals surface area (Å²) in [4.78, 5) is 11.7. The summed E-state index contributed by atoms with van der Waals surface area (Å²) in [5, 5.41) is 3.34. The Labute approximate surface area is 120 Å². The van der Waals surface area contributed by atoms with Gasteiger partial charge in [-0.05, 0) is 37.5 Å². The lowest BCUT2D eigenvalue weighted by Crippen LogP contribution is -2.10. The van der Waals surface area contributed by atoms with Gasteiger partial charge in [-0.2, -0.15) is 0 Å². The molecule has 0 aliphatic heterocycles. The molecule has 1 aliphatic rings. The van der Waals surface area contributed by atoms with Gasteiger partial charge in [0.1, 0.15) is 0 Å². The summed E-state index contributed by atoms with van der Waals surface area (Å²) in [5.74, 6) is 0.545. The van der Waals surface area contributed by atoms with E-state index in [4.69, 9.17) is 10.5 Å². The SMILES string of the molecule is CCOC(=O)c1ccc(N)c(NCCC2CCCC2)c1. The van der Waals surface area contributed by atoms with Gasteiger partial charge in [0, 0.05) is 6.54 Å². The molecule has 4 nitrogen and oxygen atoms in total. The molecule has 1 aliphatic carbocycles. The zero-order chi connectivity index (χ0) is 14.4. The Balaban J connectivity index is 1.92. The highest BCUT2D eigenvalue weighted by Gasteiger charge is 2.14. The maximum absolute atomic E-state index is 11.7. The van der Waals surface area contributed by atoms with E-state index in [0.717, 1.165) is 18.2 Å². The maximum atomic E-state index is 11.7. The van der Waals surface area contributed by atoms with E-state index in [1.165, 1.54) is 32.1 Å². The molecule has 3 N–H and O–H groups in total. The van der Waals surface area contributed by atoms with Gasteiger partial charge in [0.2, 0.25) is 0 Å². The number of nitrogen functional groups attached to an aromatic ring is 1. The van der Waals surface area contributed by atoms with E-state index in [-0.39, 0.29) is 5.97 Å². The van der Waals surface area contributed by atoms with Crippen LogP contribution < -0.4 is 11.1 Å². The van der Waals surface area contributed by atoms with Gasteiger partial charge in [-0.25, -0.2) is 4.79 Å². The van der Waals surface area contributed by atoms with Gasteiger partial charge in [-0.1, -0.05) is 25.7 Å². The summed E-state index contributed by atoms with van der Waals surface area (Å²) in [6.07, 6.45) is 6.60. The molecular weight excluding hydrogens is 252 g/mol. The number of carbonyl (C=O) groups is 1. The summed E-state index contributed by atoms with van der Waals surface area (Å²) >= 11 is 0. The fraction of sp³-hybridized carbons (Fsp3) is 0.562. The first-order chi connectivity index (χ1) is 9.70. The second-order valence-corrected chi connectivity index (χ2v) is 5.39. The number of nitrogens with one attached hydrogen (secondary N) is 1. The van der Waals surface area contributed by atoms with Crippen LogP contribution in [0.2, 0.25) is 0 Å². The molecule has 0 unspecified atom stereocenters. The van der Waals surface area contributed by atoms with Crippen LogP contribution in [0.25, 0.3) is 0 Å². The third-order valence-corrected chi connectivity index (χ3v) is 3.91. The molecule has 0 aromatic heterocycles. The predicted octanol–water partition coefficient (Wildman–Crippen LogP) is 3.44. The molecule has 4 heteroatoms. The highest BCUT2D eigenvalue weighted by molar-refractivity contribution is 5.92. The van der Waals surface area contributed by atoms with Crippen molar-refractivity contribution in [1.82, 2.24) is 0 Å². The molecule has 0 saturated heterocycles. The van der Waals surface area contributed by atoms with Gasteiger partial charge in [0.15, 0.2) is 0 Å². The normalized spacial score (nSPS) is 15.2. The van der Waals surface area contributed by atoms with Gasteiger partial charge in [-0.3, -0.25) is 0 Å². The van der Waals surface area contributed by atoms with E-state index in [1.807, 2.05) is 0 Å². The number of esters is 1. The van der Waals surface area contributed by atoms with Gasteiger partial charge < -0.3 is 15.8 Å². The van der Waals surface area contributed by atoms with E-state index in [2.05, 4.69) is 5.32 Å². The van der Waals surface area contributed by atoms with Crippen molar-refractivity contribution in [3.8, 4) is 0 Å². The maximum Gasteiger partial charge on any atom is 0.338 e. The summed E-state index contributed by atoms with van der Waals surface area (Å²) in [6.45, 7) is 3.09. The van der Waals surface area contributed by atoms with Crippen molar-refractivity contribution >= 4 is 17.3 Å². The minimum Gasteiger partial charge on any atom is -0.462 e. The number of carbonyl (C=O) groups excluding carboxylic acids is 1. The minimum atomic E-state index is -0.300. The van der Waals surface area contributed by atoms with Crippen molar-refractivity contribution in [2.24, 2.45) is 5.92 Å². The number of hydrogen-bond donors (Lipinski definition) is 2. The largest absolute Gasteiger partial charge is 0.462 e. The summed E-state index contributed by atoms with van der Waals surface area (Å²) < 4.78 is 5.00. The summed E-state index contributed by atoms with van der Waals surface area (Å²) in [6, 6.07) is 5.24. The molecule has 0 radical (unpaired) electrons. The first-order valence-corrected chi connectivity index (χ1v) is 7.51. The van der Waals surface area contributed by atoms with Crippen molar-refractivity contribution in [2.75, 3.05) is 24.2 Å². The van der Waals surface area contributed by atoms with Crippen LogP contribution >= 0.6 is 0 Å². The van der Waals surface area contributed by atoms with Crippen molar-refractivity contribution < 1.29 is 9.53 Å². The second kappa shape index (κ2) is 7.17. The van der Waals surface area contributed by atoms with Crippen LogP contribution in [0.1, 0.15) is 49.4 Å². The fourth-order valence-corrected chi connectivity index (χ4v) is 2.76. The molecule has 0 amide bonds. The molecule has 1 aromatic carbocycles. The number of hydrogen-bond acceptors (Lipinski definition) is 4. The van der Waals surface area contributed by atoms with E-state index >= 15 is 0 Å². The van der Waals surface area contributed by atoms with Gasteiger partial charge in [0.05, 0.1) is 23.5 Å². The van der Waals surface area contributed by atoms with E-state index in [9.17, 15) is 4.79 Å². The minimum absolute atomic E-state index is 0.300. The van der Waals surface area contributed by atoms with Crippen LogP contribution in [0.3, 0.4) is 0 Å². The lowest BCUT2D eigenvalue weighted by Gasteiger charge is -2.13. The Morgan fingerprint density at radius 2 is 2.15 bits per heavy atom. The van der Waals surface area contributed by atoms with Crippen LogP contribution in [0.4, 0.5) is 11.4 Å². The molecule has 20 heavy (non-hydrogen) atoms. The molecule has 1 aromatic rings. The lowest BCUT2D eigenvalue weighted by molar-refractivity contribution is 0.0526. The highest BCUT2D eigenvalue weighted by Crippen LogP contribution is 2.28. The Hall–Kier alpha value is -1.71. The molecular formula is C16H24N2O2. The first kappa shape index (κ1) is 14.7. The van der Waals surface area contributed by atoms with Gasteiger partial charge in [-0.15, -0.1) is 0 Å². The Morgan fingerprint density at radius 3 is 2.85 bits per heavy atom. The molecule has 0 spiro atoms. The predicted molar refractivity (Wildman–Crippen MR) is 81.9 cm³/mol. The molecule has 110 valence electrons. The van der Waals surface area contributed by atoms with E-state index in [1.54, 1.807) is 25.1 Å². The van der Waals surface area contributed by atoms with Crippen LogP contribution in [-0.4, -0.2) is 19.1 Å². The Bertz CT molecular complexity index is 454. The third-order valence-electron chi connectivity index (χ3n) is 3.91. The first-order valence-electron chi connectivity index (χ1n) is 7.51. The second-order valence-electron chi connectivity index (χ2n) is 5.39. The number of anilines is 2. The Kier molecular flexibility index (Phi) is 5.27. The Morgan fingerprint density at radius 1 is 1.40 bits per heavy atom. The van der Waals surface area contributed by atoms with Gasteiger partial charge >= 0.3 is 5.97 Å². The van der Waals surface area contributed by atoms with Crippen LogP contribution in [0.15, 0.2) is 18.2 Å². The number of benzene rings is 1. The topological polar surface area (TPSA) is 64.3 Å². The smallest absolute Gasteiger partial charge is 0.338 e. The van der Waals surface area contributed by atoms with Crippen LogP contribution in [0.5, 0.6) is 0 Å². The van der Waals surface area contributed by atoms with Crippen molar-refractivity contribution in [1.29, 1.82) is 0 Å². The molecule has 1 fully saturated rings. The summed E-state index contributed by atoms with van der Waals surface area (Å²) in [7, 11) is 0. The van der Waals surface area contributed by atoms with Crippen molar-refractivity contribution in [3.63, 3.8) is 0 Å². The standard InChI is InChI=1S/C16H24N2O2/c1-2-20-16(19)13-7-8-14(17)15(11-13)18-10-9-12-5-3-4-6-12/h7-8,11-12,18H,2-6,9-10,17H2,1H3. The van der Waals surface area contributed by atoms with Crippen molar-refractivity contribution in [3.05, 3.63) is 23.8 Å². The molecule has 0 heterocycles. The van der Waals surface area contributed by atoms with Crippen LogP contribution in [-0.2, 0) is 4.74 Å². The molecule has 0 atom stereocenters. The van der Waals surface area contributed by atoms with Crippen LogP contribution in [0, 0.1) is 5.92 Å². The van der Waals surface area contributed by atoms with E-state index < -0.39 is 0 Å². The zero-order valence-electron chi connectivity index (χ0n) is 12.2.